The lowest BCUT2D eigenvalue weighted by molar-refractivity contribution is 0.0965. The van der Waals surface area contributed by atoms with Gasteiger partial charge in [-0.2, -0.15) is 4.37 Å². The van der Waals surface area contributed by atoms with Crippen LogP contribution >= 0.6 is 11.5 Å². The molecule has 19 heavy (non-hydrogen) atoms. The number of hydrogen-bond donors (Lipinski definition) is 3. The Morgan fingerprint density at radius 2 is 2.05 bits per heavy atom. The van der Waals surface area contributed by atoms with Gasteiger partial charge in [-0.1, -0.05) is 13.8 Å². The van der Waals surface area contributed by atoms with Gasteiger partial charge in [0.15, 0.2) is 5.82 Å². The van der Waals surface area contributed by atoms with E-state index in [0.29, 0.717) is 22.8 Å². The number of amides is 1. The van der Waals surface area contributed by atoms with Gasteiger partial charge >= 0.3 is 0 Å². The van der Waals surface area contributed by atoms with Crippen molar-refractivity contribution in [3.05, 3.63) is 5.56 Å². The topological polar surface area (TPSA) is 80.0 Å². The lowest BCUT2D eigenvalue weighted by atomic mass is 9.75. The summed E-state index contributed by atoms with van der Waals surface area (Å²) < 4.78 is 4.08. The fourth-order valence-electron chi connectivity index (χ4n) is 2.47. The Balaban J connectivity index is 2.06. The molecular weight excluding hydrogens is 260 g/mol. The van der Waals surface area contributed by atoms with Gasteiger partial charge in [-0.3, -0.25) is 4.79 Å². The second-order valence-corrected chi connectivity index (χ2v) is 6.71. The minimum atomic E-state index is -0.176. The molecule has 1 aliphatic rings. The molecule has 0 bridgehead atoms. The molecule has 0 spiro atoms. The van der Waals surface area contributed by atoms with Crippen LogP contribution in [0.2, 0.25) is 0 Å². The van der Waals surface area contributed by atoms with Gasteiger partial charge in [0, 0.05) is 13.1 Å². The van der Waals surface area contributed by atoms with Crippen LogP contribution in [-0.4, -0.2) is 23.4 Å². The summed E-state index contributed by atoms with van der Waals surface area (Å²) in [6.07, 6.45) is 4.65. The van der Waals surface area contributed by atoms with Crippen LogP contribution in [0, 0.1) is 5.41 Å². The van der Waals surface area contributed by atoms with Gasteiger partial charge < -0.3 is 16.4 Å². The van der Waals surface area contributed by atoms with Gasteiger partial charge in [0.05, 0.1) is 0 Å². The third-order valence-corrected chi connectivity index (χ3v) is 4.64. The first-order valence-corrected chi connectivity index (χ1v) is 7.44. The van der Waals surface area contributed by atoms with E-state index in [1.54, 1.807) is 7.05 Å². The Kier molecular flexibility index (Phi) is 3.99. The number of nitrogens with zero attached hydrogens (tertiary/aromatic N) is 1. The molecule has 1 aromatic rings. The van der Waals surface area contributed by atoms with Crippen LogP contribution in [-0.2, 0) is 0 Å². The minimum absolute atomic E-state index is 0.176. The number of carbonyl (C=O) groups is 1. The van der Waals surface area contributed by atoms with Crippen molar-refractivity contribution in [2.24, 2.45) is 5.41 Å². The maximum atomic E-state index is 11.8. The van der Waals surface area contributed by atoms with E-state index in [1.165, 1.54) is 24.4 Å². The molecule has 1 aromatic heterocycles. The largest absolute Gasteiger partial charge is 0.382 e. The number of nitrogens with two attached hydrogens (primary N) is 1. The molecule has 6 heteroatoms. The van der Waals surface area contributed by atoms with Gasteiger partial charge in [0.1, 0.15) is 10.6 Å². The highest BCUT2D eigenvalue weighted by atomic mass is 32.1. The summed E-state index contributed by atoms with van der Waals surface area (Å²) in [7, 11) is 1.60. The van der Waals surface area contributed by atoms with E-state index in [0.717, 1.165) is 17.8 Å². The van der Waals surface area contributed by atoms with Crippen molar-refractivity contribution in [1.29, 1.82) is 0 Å². The Bertz CT molecular complexity index is 459. The molecule has 1 aliphatic carbocycles. The van der Waals surface area contributed by atoms with Gasteiger partial charge in [0.25, 0.3) is 5.91 Å². The van der Waals surface area contributed by atoms with Crippen LogP contribution in [0.1, 0.15) is 49.9 Å². The SMILES string of the molecule is CNC(=O)c1c(N)nsc1NC1CCC(C)(C)CC1. The van der Waals surface area contributed by atoms with Crippen LogP contribution in [0.4, 0.5) is 10.8 Å². The zero-order valence-corrected chi connectivity index (χ0v) is 12.6. The van der Waals surface area contributed by atoms with E-state index in [9.17, 15) is 4.79 Å². The molecule has 1 saturated carbocycles. The predicted octanol–water partition coefficient (Wildman–Crippen LogP) is 2.47. The van der Waals surface area contributed by atoms with Crippen molar-refractivity contribution in [1.82, 2.24) is 9.69 Å². The first-order valence-electron chi connectivity index (χ1n) is 6.67. The Morgan fingerprint density at radius 1 is 1.42 bits per heavy atom. The Morgan fingerprint density at radius 3 is 2.63 bits per heavy atom. The van der Waals surface area contributed by atoms with Gasteiger partial charge in [-0.15, -0.1) is 0 Å². The third kappa shape index (κ3) is 3.18. The molecule has 0 unspecified atom stereocenters. The molecule has 0 radical (unpaired) electrons. The van der Waals surface area contributed by atoms with E-state index < -0.39 is 0 Å². The molecule has 1 fully saturated rings. The lowest BCUT2D eigenvalue weighted by Gasteiger charge is -2.34. The van der Waals surface area contributed by atoms with Gasteiger partial charge in [-0.25, -0.2) is 0 Å². The second-order valence-electron chi connectivity index (χ2n) is 5.93. The first kappa shape index (κ1) is 14.1. The monoisotopic (exact) mass is 282 g/mol. The summed E-state index contributed by atoms with van der Waals surface area (Å²) in [5.74, 6) is 0.132. The molecule has 0 saturated heterocycles. The molecule has 1 heterocycles. The van der Waals surface area contributed by atoms with E-state index in [4.69, 9.17) is 5.73 Å². The lowest BCUT2D eigenvalue weighted by Crippen LogP contribution is -2.30. The molecule has 0 aliphatic heterocycles. The summed E-state index contributed by atoms with van der Waals surface area (Å²) in [5.41, 5.74) is 6.69. The predicted molar refractivity (Wildman–Crippen MR) is 79.6 cm³/mol. The Labute approximate surface area is 118 Å². The van der Waals surface area contributed by atoms with Crippen LogP contribution in [0.5, 0.6) is 0 Å². The molecule has 5 nitrogen and oxygen atoms in total. The highest BCUT2D eigenvalue weighted by Gasteiger charge is 2.28. The van der Waals surface area contributed by atoms with Crippen molar-refractivity contribution in [3.63, 3.8) is 0 Å². The molecule has 1 amide bonds. The van der Waals surface area contributed by atoms with Crippen molar-refractivity contribution in [3.8, 4) is 0 Å². The summed E-state index contributed by atoms with van der Waals surface area (Å²) >= 11 is 1.27. The first-order chi connectivity index (χ1) is 8.93. The van der Waals surface area contributed by atoms with Crippen molar-refractivity contribution >= 4 is 28.3 Å². The number of carbonyl (C=O) groups excluding carboxylic acids is 1. The molecular formula is C13H22N4OS. The van der Waals surface area contributed by atoms with Crippen LogP contribution in [0.15, 0.2) is 0 Å². The van der Waals surface area contributed by atoms with Crippen molar-refractivity contribution in [2.45, 2.75) is 45.6 Å². The number of nitrogens with one attached hydrogen (secondary N) is 2. The zero-order valence-electron chi connectivity index (χ0n) is 11.7. The fourth-order valence-corrected chi connectivity index (χ4v) is 3.26. The summed E-state index contributed by atoms with van der Waals surface area (Å²) in [4.78, 5) is 11.8. The summed E-state index contributed by atoms with van der Waals surface area (Å²) in [6, 6.07) is 0.413. The number of aromatic nitrogens is 1. The van der Waals surface area contributed by atoms with E-state index in [2.05, 4.69) is 28.9 Å². The van der Waals surface area contributed by atoms with Crippen molar-refractivity contribution in [2.75, 3.05) is 18.1 Å². The molecule has 106 valence electrons. The van der Waals surface area contributed by atoms with E-state index in [-0.39, 0.29) is 5.91 Å². The normalized spacial score (nSPS) is 19.1. The van der Waals surface area contributed by atoms with Crippen LogP contribution in [0.3, 0.4) is 0 Å². The second kappa shape index (κ2) is 5.36. The third-order valence-electron chi connectivity index (χ3n) is 3.85. The quantitative estimate of drug-likeness (QED) is 0.795. The molecule has 4 N–H and O–H groups in total. The van der Waals surface area contributed by atoms with E-state index in [1.807, 2.05) is 0 Å². The number of hydrogen-bond acceptors (Lipinski definition) is 5. The van der Waals surface area contributed by atoms with E-state index >= 15 is 0 Å². The van der Waals surface area contributed by atoms with Crippen molar-refractivity contribution < 1.29 is 4.79 Å². The molecule has 0 aromatic carbocycles. The maximum Gasteiger partial charge on any atom is 0.257 e. The summed E-state index contributed by atoms with van der Waals surface area (Å²) in [6.45, 7) is 4.62. The van der Waals surface area contributed by atoms with Gasteiger partial charge in [0.2, 0.25) is 0 Å². The smallest absolute Gasteiger partial charge is 0.257 e. The summed E-state index contributed by atoms with van der Waals surface area (Å²) in [5, 5.41) is 6.84. The fraction of sp³-hybridized carbons (Fsp3) is 0.692. The molecule has 2 rings (SSSR count). The Hall–Kier alpha value is -1.30. The van der Waals surface area contributed by atoms with Gasteiger partial charge in [-0.05, 0) is 42.6 Å². The zero-order chi connectivity index (χ0) is 14.0. The number of nitrogen functional groups attached to an aromatic ring is 1. The number of anilines is 2. The van der Waals surface area contributed by atoms with Crippen LogP contribution < -0.4 is 16.4 Å². The van der Waals surface area contributed by atoms with Crippen LogP contribution in [0.25, 0.3) is 0 Å². The number of rotatable bonds is 3. The average Bonchev–Trinajstić information content (AvgIpc) is 2.72. The standard InChI is InChI=1S/C13H22N4OS/c1-13(2)6-4-8(5-7-13)16-12-9(11(18)15-3)10(14)17-19-12/h8,16H,4-7H2,1-3H3,(H2,14,17)(H,15,18). The maximum absolute atomic E-state index is 11.8. The molecule has 0 atom stereocenters. The highest BCUT2D eigenvalue weighted by Crippen LogP contribution is 2.37. The minimum Gasteiger partial charge on any atom is -0.382 e. The highest BCUT2D eigenvalue weighted by molar-refractivity contribution is 7.11. The average molecular weight is 282 g/mol.